The van der Waals surface area contributed by atoms with Gasteiger partial charge in [0.2, 0.25) is 0 Å². The Hall–Kier alpha value is -3.48. The fourth-order valence-corrected chi connectivity index (χ4v) is 4.30. The zero-order valence-corrected chi connectivity index (χ0v) is 18.0. The summed E-state index contributed by atoms with van der Waals surface area (Å²) in [5.74, 6) is 0.452. The molecule has 3 aliphatic rings. The first-order valence-corrected chi connectivity index (χ1v) is 10.8. The third-order valence-corrected chi connectivity index (χ3v) is 6.09. The maximum atomic E-state index is 15.9. The molecule has 0 spiro atoms. The minimum atomic E-state index is -4.07. The van der Waals surface area contributed by atoms with Crippen LogP contribution in [0.1, 0.15) is 26.0 Å². The number of nitrogens with zero attached hydrogens (tertiary/aromatic N) is 2. The number of ketones is 1. The Kier molecular flexibility index (Phi) is 4.84. The van der Waals surface area contributed by atoms with Crippen LogP contribution in [0.2, 0.25) is 0 Å². The summed E-state index contributed by atoms with van der Waals surface area (Å²) in [4.78, 5) is 11.8. The molecule has 0 N–H and O–H groups in total. The first-order chi connectivity index (χ1) is 15.4. The van der Waals surface area contributed by atoms with Gasteiger partial charge in [0.25, 0.3) is 0 Å². The van der Waals surface area contributed by atoms with Crippen molar-refractivity contribution in [3.05, 3.63) is 83.7 Å². The van der Waals surface area contributed by atoms with Crippen LogP contribution in [0.4, 0.5) is 8.63 Å². The fourth-order valence-electron chi connectivity index (χ4n) is 4.30. The molecular weight excluding hydrogens is 409 g/mol. The monoisotopic (exact) mass is 432 g/mol. The number of carbonyl (C=O) groups is 1. The number of ether oxygens (including phenoxy) is 1. The maximum absolute atomic E-state index is 15.9. The van der Waals surface area contributed by atoms with Crippen LogP contribution in [0.3, 0.4) is 0 Å². The summed E-state index contributed by atoms with van der Waals surface area (Å²) < 4.78 is 39.7. The van der Waals surface area contributed by atoms with E-state index in [2.05, 4.69) is 0 Å². The molecular formula is C25H23BF2N2O2. The van der Waals surface area contributed by atoms with Crippen molar-refractivity contribution in [2.75, 3.05) is 6.61 Å². The van der Waals surface area contributed by atoms with E-state index in [1.165, 1.54) is 4.49 Å². The lowest BCUT2D eigenvalue weighted by Crippen LogP contribution is -2.50. The minimum Gasteiger partial charge on any atom is -0.486 e. The first kappa shape index (κ1) is 20.4. The molecule has 3 heterocycles. The van der Waals surface area contributed by atoms with Crippen LogP contribution in [0, 0.1) is 5.92 Å². The molecule has 0 saturated carbocycles. The number of benzene rings is 1. The molecule has 0 amide bonds. The lowest BCUT2D eigenvalue weighted by Gasteiger charge is -2.30. The Morgan fingerprint density at radius 3 is 2.62 bits per heavy atom. The van der Waals surface area contributed by atoms with Gasteiger partial charge in [-0.3, -0.25) is 4.79 Å². The zero-order chi connectivity index (χ0) is 22.5. The van der Waals surface area contributed by atoms with Gasteiger partial charge in [-0.15, -0.1) is 0 Å². The molecule has 0 unspecified atom stereocenters. The summed E-state index contributed by atoms with van der Waals surface area (Å²) in [5, 5.41) is 0. The number of allylic oxidation sites excluding steroid dienone is 6. The number of carbonyl (C=O) groups excluding carboxylic acids is 1. The van der Waals surface area contributed by atoms with Gasteiger partial charge in [0.15, 0.2) is 17.2 Å². The average Bonchev–Trinajstić information content (AvgIpc) is 3.51. The van der Waals surface area contributed by atoms with Gasteiger partial charge < -0.3 is 22.3 Å². The molecule has 0 saturated heterocycles. The fraction of sp³-hybridized carbons (Fsp3) is 0.200. The number of halogens is 2. The van der Waals surface area contributed by atoms with Gasteiger partial charge in [-0.25, -0.2) is 0 Å². The Balaban J connectivity index is 1.48. The molecule has 0 radical (unpaired) electrons. The van der Waals surface area contributed by atoms with E-state index in [9.17, 15) is 4.79 Å². The number of aromatic nitrogens is 1. The van der Waals surface area contributed by atoms with Gasteiger partial charge in [0, 0.05) is 41.1 Å². The van der Waals surface area contributed by atoms with Crippen molar-refractivity contribution < 1.29 is 22.6 Å². The first-order valence-electron chi connectivity index (χ1n) is 10.8. The van der Waals surface area contributed by atoms with Crippen molar-refractivity contribution in [1.82, 2.24) is 4.48 Å². The van der Waals surface area contributed by atoms with Crippen molar-refractivity contribution in [2.45, 2.75) is 20.3 Å². The van der Waals surface area contributed by atoms with Gasteiger partial charge in [0.1, 0.15) is 12.4 Å². The molecule has 1 aliphatic carbocycles. The highest BCUT2D eigenvalue weighted by Gasteiger charge is 2.52. The van der Waals surface area contributed by atoms with Crippen LogP contribution in [0.15, 0.2) is 78.0 Å². The van der Waals surface area contributed by atoms with E-state index < -0.39 is 6.97 Å². The van der Waals surface area contributed by atoms with Crippen molar-refractivity contribution in [3.8, 4) is 17.0 Å². The second-order valence-electron chi connectivity index (χ2n) is 8.52. The summed E-state index contributed by atoms with van der Waals surface area (Å²) in [5.41, 5.74) is 3.52. The Bertz CT molecular complexity index is 1260. The van der Waals surface area contributed by atoms with Crippen molar-refractivity contribution in [1.29, 1.82) is 0 Å². The Labute approximate surface area is 185 Å². The van der Waals surface area contributed by atoms with Gasteiger partial charge >= 0.3 is 6.97 Å². The zero-order valence-electron chi connectivity index (χ0n) is 18.0. The minimum absolute atomic E-state index is 0.00241. The molecule has 1 aromatic heterocycles. The van der Waals surface area contributed by atoms with Gasteiger partial charge in [0.05, 0.1) is 0 Å². The van der Waals surface area contributed by atoms with Gasteiger partial charge in [-0.2, -0.15) is 0 Å². The quantitative estimate of drug-likeness (QED) is 0.585. The molecule has 1 aromatic carbocycles. The number of hydrogen-bond acceptors (Lipinski definition) is 2. The normalized spacial score (nSPS) is 18.0. The van der Waals surface area contributed by atoms with E-state index >= 15 is 8.63 Å². The summed E-state index contributed by atoms with van der Waals surface area (Å²) in [6.07, 6.45) is 11.7. The predicted octanol–water partition coefficient (Wildman–Crippen LogP) is 5.25. The van der Waals surface area contributed by atoms with E-state index in [0.717, 1.165) is 10.1 Å². The van der Waals surface area contributed by atoms with Crippen LogP contribution >= 0.6 is 0 Å². The summed E-state index contributed by atoms with van der Waals surface area (Å²) in [7, 11) is 0. The Morgan fingerprint density at radius 2 is 1.94 bits per heavy atom. The molecule has 5 rings (SSSR count). The van der Waals surface area contributed by atoms with Crippen LogP contribution in [0.5, 0.6) is 5.75 Å². The predicted molar refractivity (Wildman–Crippen MR) is 123 cm³/mol. The van der Waals surface area contributed by atoms with Crippen molar-refractivity contribution in [2.24, 2.45) is 5.92 Å². The average molecular weight is 432 g/mol. The standard InChI is InChI=1S/C25H23BF2N2O2/c1-17(2)25(31)16-32-22-11-7-19(8-12-22)24-14-10-21-15-20-9-13-23(18-5-3-4-6-18)29(20)26(27,28)30(21)24/h3-5,7-15,17H,6,16H2,1-2H3. The van der Waals surface area contributed by atoms with Gasteiger partial charge in [-0.05, 0) is 48.4 Å². The molecule has 0 atom stereocenters. The molecule has 0 bridgehead atoms. The SMILES string of the molecule is CC(C)C(=O)COc1ccc(-c2ccc3n2[B-](F)(F)[N+]2=C(C4=CC=CC4)C=CC2=C3)cc1. The summed E-state index contributed by atoms with van der Waals surface area (Å²) in [6, 6.07) is 10.4. The van der Waals surface area contributed by atoms with Crippen LogP contribution in [-0.4, -0.2) is 34.0 Å². The lowest BCUT2D eigenvalue weighted by molar-refractivity contribution is -0.360. The lowest BCUT2D eigenvalue weighted by atomic mass is 9.89. The van der Waals surface area contributed by atoms with E-state index in [1.54, 1.807) is 54.6 Å². The van der Waals surface area contributed by atoms with Crippen molar-refractivity contribution in [3.63, 3.8) is 0 Å². The molecule has 4 nitrogen and oxygen atoms in total. The van der Waals surface area contributed by atoms with E-state index in [1.807, 2.05) is 32.1 Å². The van der Waals surface area contributed by atoms with E-state index in [4.69, 9.17) is 4.74 Å². The van der Waals surface area contributed by atoms with Crippen LogP contribution in [0.25, 0.3) is 17.3 Å². The van der Waals surface area contributed by atoms with Gasteiger partial charge in [-0.1, -0.05) is 32.1 Å². The largest absolute Gasteiger partial charge is 0.737 e. The second kappa shape index (κ2) is 7.59. The highest BCUT2D eigenvalue weighted by atomic mass is 19.2. The maximum Gasteiger partial charge on any atom is 0.737 e. The van der Waals surface area contributed by atoms with E-state index in [0.29, 0.717) is 40.5 Å². The molecule has 32 heavy (non-hydrogen) atoms. The molecule has 162 valence electrons. The topological polar surface area (TPSA) is 34.2 Å². The molecule has 0 fully saturated rings. The summed E-state index contributed by atoms with van der Waals surface area (Å²) in [6.45, 7) is -0.429. The number of Topliss-reactive ketones (excluding diaryl/α,β-unsaturated/α-hetero) is 1. The third kappa shape index (κ3) is 3.29. The number of fused-ring (bicyclic) bond motifs is 2. The highest BCUT2D eigenvalue weighted by Crippen LogP contribution is 2.37. The van der Waals surface area contributed by atoms with Crippen molar-refractivity contribution >= 4 is 24.5 Å². The van der Waals surface area contributed by atoms with Crippen LogP contribution in [-0.2, 0) is 4.79 Å². The second-order valence-corrected chi connectivity index (χ2v) is 8.52. The Morgan fingerprint density at radius 1 is 1.16 bits per heavy atom. The molecule has 7 heteroatoms. The number of hydrogen-bond donors (Lipinski definition) is 0. The summed E-state index contributed by atoms with van der Waals surface area (Å²) >= 11 is 0. The van der Waals surface area contributed by atoms with Crippen LogP contribution < -0.4 is 4.74 Å². The molecule has 2 aliphatic heterocycles. The molecule has 2 aromatic rings. The highest BCUT2D eigenvalue weighted by molar-refractivity contribution is 6.58. The third-order valence-electron chi connectivity index (χ3n) is 6.09. The van der Waals surface area contributed by atoms with E-state index in [-0.39, 0.29) is 18.3 Å². The number of rotatable bonds is 6. The smallest absolute Gasteiger partial charge is 0.486 e.